The van der Waals surface area contributed by atoms with E-state index in [2.05, 4.69) is 95.6 Å². The summed E-state index contributed by atoms with van der Waals surface area (Å²) in [4.78, 5) is 12.0. The fraction of sp³-hybridized carbons (Fsp3) is 0.242. The van der Waals surface area contributed by atoms with Crippen molar-refractivity contribution in [2.45, 2.75) is 16.5 Å². The summed E-state index contributed by atoms with van der Waals surface area (Å²) >= 11 is 3.59. The van der Waals surface area contributed by atoms with Crippen LogP contribution in [-0.2, 0) is 4.79 Å². The summed E-state index contributed by atoms with van der Waals surface area (Å²) in [6.07, 6.45) is 0. The maximum atomic E-state index is 12.0. The molecule has 0 aliphatic heterocycles. The van der Waals surface area contributed by atoms with E-state index in [0.717, 1.165) is 18.8 Å². The molecule has 0 aliphatic rings. The first-order valence-electron chi connectivity index (χ1n) is 13.3. The van der Waals surface area contributed by atoms with E-state index in [4.69, 9.17) is 0 Å². The molecule has 202 valence electrons. The standard InChI is InChI=1S/C33H36N2O2S2/c36-33(37)30(25-39-32(28-17-9-3-10-18-28)29-19-11-4-12-20-29)35-22-21-34-23-24-38-31(26-13-5-1-6-14-26)27-15-7-2-8-16-27/h1-20,30-32,34-35H,21-25H2,(H,36,37)/t30-/m0/s1. The Morgan fingerprint density at radius 2 is 1.00 bits per heavy atom. The zero-order valence-corrected chi connectivity index (χ0v) is 23.6. The molecule has 39 heavy (non-hydrogen) atoms. The number of hydrogen-bond acceptors (Lipinski definition) is 5. The number of carboxylic acids is 1. The monoisotopic (exact) mass is 556 g/mol. The number of nitrogens with one attached hydrogen (secondary N) is 2. The van der Waals surface area contributed by atoms with Crippen LogP contribution in [0.1, 0.15) is 32.8 Å². The lowest BCUT2D eigenvalue weighted by Gasteiger charge is -2.21. The normalized spacial score (nSPS) is 12.1. The van der Waals surface area contributed by atoms with Crippen molar-refractivity contribution in [2.75, 3.05) is 31.1 Å². The van der Waals surface area contributed by atoms with E-state index in [9.17, 15) is 9.90 Å². The second kappa shape index (κ2) is 16.2. The van der Waals surface area contributed by atoms with Crippen LogP contribution in [0, 0.1) is 0 Å². The summed E-state index contributed by atoms with van der Waals surface area (Å²) in [6, 6.07) is 41.2. The van der Waals surface area contributed by atoms with Crippen molar-refractivity contribution >= 4 is 29.5 Å². The van der Waals surface area contributed by atoms with Gasteiger partial charge in [-0.05, 0) is 22.3 Å². The van der Waals surface area contributed by atoms with Crippen LogP contribution in [0.3, 0.4) is 0 Å². The Bertz CT molecular complexity index is 1150. The van der Waals surface area contributed by atoms with Gasteiger partial charge in [0.25, 0.3) is 0 Å². The summed E-state index contributed by atoms with van der Waals surface area (Å²) in [5.41, 5.74) is 4.98. The van der Waals surface area contributed by atoms with Crippen LogP contribution in [0.5, 0.6) is 0 Å². The molecular formula is C33H36N2O2S2. The summed E-state index contributed by atoms with van der Waals surface area (Å²) in [6.45, 7) is 2.18. The number of hydrogen-bond donors (Lipinski definition) is 3. The van der Waals surface area contributed by atoms with Gasteiger partial charge in [0.15, 0.2) is 0 Å². The van der Waals surface area contributed by atoms with Gasteiger partial charge in [0.1, 0.15) is 6.04 Å². The number of rotatable bonds is 16. The van der Waals surface area contributed by atoms with E-state index in [-0.39, 0.29) is 5.25 Å². The summed E-state index contributed by atoms with van der Waals surface area (Å²) in [7, 11) is 0. The Balaban J connectivity index is 1.22. The van der Waals surface area contributed by atoms with Crippen LogP contribution in [0.2, 0.25) is 0 Å². The lowest BCUT2D eigenvalue weighted by atomic mass is 10.0. The summed E-state index contributed by atoms with van der Waals surface area (Å²) < 4.78 is 0. The van der Waals surface area contributed by atoms with Gasteiger partial charge in [-0.2, -0.15) is 0 Å². The molecule has 4 aromatic carbocycles. The Morgan fingerprint density at radius 1 is 0.590 bits per heavy atom. The SMILES string of the molecule is O=C(O)[C@H](CSC(c1ccccc1)c1ccccc1)NCCNCCSC(c1ccccc1)c1ccccc1. The van der Waals surface area contributed by atoms with Gasteiger partial charge in [-0.1, -0.05) is 121 Å². The minimum Gasteiger partial charge on any atom is -0.480 e. The topological polar surface area (TPSA) is 61.4 Å². The molecule has 0 bridgehead atoms. The van der Waals surface area contributed by atoms with Crippen LogP contribution in [0.15, 0.2) is 121 Å². The molecule has 0 fully saturated rings. The average molecular weight is 557 g/mol. The second-order valence-corrected chi connectivity index (χ2v) is 11.6. The summed E-state index contributed by atoms with van der Waals surface area (Å²) in [5, 5.41) is 16.9. The highest BCUT2D eigenvalue weighted by molar-refractivity contribution is 8.00. The quantitative estimate of drug-likeness (QED) is 0.134. The highest BCUT2D eigenvalue weighted by Gasteiger charge is 2.21. The third-order valence-electron chi connectivity index (χ3n) is 6.39. The van der Waals surface area contributed by atoms with Crippen LogP contribution in [0.4, 0.5) is 0 Å². The third-order valence-corrected chi connectivity index (χ3v) is 9.11. The number of carboxylic acid groups (broad SMARTS) is 1. The van der Waals surface area contributed by atoms with E-state index in [1.807, 2.05) is 48.2 Å². The predicted molar refractivity (Wildman–Crippen MR) is 167 cm³/mol. The zero-order chi connectivity index (χ0) is 27.1. The number of carbonyl (C=O) groups is 1. The van der Waals surface area contributed by atoms with E-state index < -0.39 is 12.0 Å². The van der Waals surface area contributed by atoms with Gasteiger partial charge >= 0.3 is 5.97 Å². The van der Waals surface area contributed by atoms with E-state index in [1.54, 1.807) is 11.8 Å². The molecule has 0 saturated carbocycles. The minimum absolute atomic E-state index is 0.0911. The average Bonchev–Trinajstić information content (AvgIpc) is 2.99. The lowest BCUT2D eigenvalue weighted by molar-refractivity contribution is -0.138. The highest BCUT2D eigenvalue weighted by atomic mass is 32.2. The fourth-order valence-electron chi connectivity index (χ4n) is 4.40. The molecule has 6 heteroatoms. The number of thioether (sulfide) groups is 2. The molecular weight excluding hydrogens is 521 g/mol. The van der Waals surface area contributed by atoms with E-state index >= 15 is 0 Å². The molecule has 0 amide bonds. The first-order valence-corrected chi connectivity index (χ1v) is 15.4. The first kappa shape index (κ1) is 29.0. The Morgan fingerprint density at radius 3 is 1.41 bits per heavy atom. The molecule has 0 unspecified atom stereocenters. The maximum Gasteiger partial charge on any atom is 0.321 e. The van der Waals surface area contributed by atoms with E-state index in [1.165, 1.54) is 22.3 Å². The zero-order valence-electron chi connectivity index (χ0n) is 22.0. The Labute approximate surface area is 240 Å². The van der Waals surface area contributed by atoms with Gasteiger partial charge in [-0.25, -0.2) is 0 Å². The van der Waals surface area contributed by atoms with Gasteiger partial charge in [0, 0.05) is 31.1 Å². The lowest BCUT2D eigenvalue weighted by Crippen LogP contribution is -2.42. The van der Waals surface area contributed by atoms with Crippen molar-refractivity contribution in [3.8, 4) is 0 Å². The van der Waals surface area contributed by atoms with E-state index in [0.29, 0.717) is 17.5 Å². The molecule has 0 spiro atoms. The first-order chi connectivity index (χ1) is 19.2. The molecule has 1 atom stereocenters. The van der Waals surface area contributed by atoms with Gasteiger partial charge in [0.05, 0.1) is 10.5 Å². The Kier molecular flexibility index (Phi) is 12.0. The molecule has 0 aromatic heterocycles. The molecule has 0 heterocycles. The smallest absolute Gasteiger partial charge is 0.321 e. The maximum absolute atomic E-state index is 12.0. The van der Waals surface area contributed by atoms with Crippen molar-refractivity contribution in [2.24, 2.45) is 0 Å². The predicted octanol–water partition coefficient (Wildman–Crippen LogP) is 6.66. The van der Waals surface area contributed by atoms with Crippen molar-refractivity contribution in [3.63, 3.8) is 0 Å². The van der Waals surface area contributed by atoms with Gasteiger partial charge in [-0.3, -0.25) is 4.79 Å². The molecule has 4 nitrogen and oxygen atoms in total. The largest absolute Gasteiger partial charge is 0.480 e. The molecule has 4 rings (SSSR count). The van der Waals surface area contributed by atoms with Gasteiger partial charge in [0.2, 0.25) is 0 Å². The van der Waals surface area contributed by atoms with Crippen LogP contribution >= 0.6 is 23.5 Å². The van der Waals surface area contributed by atoms with Crippen molar-refractivity contribution in [1.29, 1.82) is 0 Å². The fourth-order valence-corrected chi connectivity index (χ4v) is 6.94. The molecule has 0 aliphatic carbocycles. The van der Waals surface area contributed by atoms with Crippen LogP contribution < -0.4 is 10.6 Å². The summed E-state index contributed by atoms with van der Waals surface area (Å²) in [5.74, 6) is 0.629. The third kappa shape index (κ3) is 9.29. The van der Waals surface area contributed by atoms with Crippen LogP contribution in [-0.4, -0.2) is 48.3 Å². The minimum atomic E-state index is -0.813. The number of aliphatic carboxylic acids is 1. The van der Waals surface area contributed by atoms with Gasteiger partial charge in [-0.15, -0.1) is 23.5 Å². The number of benzene rings is 4. The van der Waals surface area contributed by atoms with Crippen molar-refractivity contribution in [1.82, 2.24) is 10.6 Å². The van der Waals surface area contributed by atoms with Crippen molar-refractivity contribution in [3.05, 3.63) is 144 Å². The molecule has 0 radical (unpaired) electrons. The van der Waals surface area contributed by atoms with Crippen LogP contribution in [0.25, 0.3) is 0 Å². The molecule has 3 N–H and O–H groups in total. The highest BCUT2D eigenvalue weighted by Crippen LogP contribution is 2.36. The molecule has 0 saturated heterocycles. The van der Waals surface area contributed by atoms with Crippen molar-refractivity contribution < 1.29 is 9.90 Å². The van der Waals surface area contributed by atoms with Gasteiger partial charge < -0.3 is 15.7 Å². The molecule has 4 aromatic rings. The second-order valence-electron chi connectivity index (χ2n) is 9.20. The Hall–Kier alpha value is -3.03.